The van der Waals surface area contributed by atoms with Gasteiger partial charge in [-0.25, -0.2) is 0 Å². The van der Waals surface area contributed by atoms with Crippen LogP contribution in [0.2, 0.25) is 0 Å². The molecule has 0 aliphatic carbocycles. The fourth-order valence-electron chi connectivity index (χ4n) is 2.18. The average Bonchev–Trinajstić information content (AvgIpc) is 2.96. The molecule has 1 heterocycles. The third kappa shape index (κ3) is 3.67. The maximum absolute atomic E-state index is 5.86. The average molecular weight is 260 g/mol. The summed E-state index contributed by atoms with van der Waals surface area (Å²) in [5.41, 5.74) is 5.08. The van der Waals surface area contributed by atoms with E-state index in [0.29, 0.717) is 6.61 Å². The Morgan fingerprint density at radius 1 is 1.26 bits per heavy atom. The van der Waals surface area contributed by atoms with E-state index in [9.17, 15) is 0 Å². The van der Waals surface area contributed by atoms with Crippen molar-refractivity contribution in [2.45, 2.75) is 25.5 Å². The van der Waals surface area contributed by atoms with Crippen LogP contribution in [-0.2, 0) is 11.2 Å². The van der Waals surface area contributed by atoms with E-state index < -0.39 is 0 Å². The molecule has 0 bridgehead atoms. The summed E-state index contributed by atoms with van der Waals surface area (Å²) in [7, 11) is 0. The highest BCUT2D eigenvalue weighted by molar-refractivity contribution is 5.20. The maximum Gasteiger partial charge on any atom is 0.0994 e. The zero-order chi connectivity index (χ0) is 13.5. The summed E-state index contributed by atoms with van der Waals surface area (Å²) in [6.45, 7) is 2.63. The SMILES string of the molecule is CCOC(c1ccccc1)C(Cc1ccoc1)NN. The quantitative estimate of drug-likeness (QED) is 0.593. The minimum atomic E-state index is -0.0777. The minimum absolute atomic E-state index is 0.0000463. The number of furan rings is 1. The van der Waals surface area contributed by atoms with Crippen molar-refractivity contribution >= 4 is 0 Å². The molecule has 2 atom stereocenters. The summed E-state index contributed by atoms with van der Waals surface area (Å²) in [5.74, 6) is 5.70. The largest absolute Gasteiger partial charge is 0.472 e. The van der Waals surface area contributed by atoms with Crippen molar-refractivity contribution in [3.8, 4) is 0 Å². The predicted octanol–water partition coefficient (Wildman–Crippen LogP) is 2.43. The van der Waals surface area contributed by atoms with Gasteiger partial charge in [0.05, 0.1) is 24.7 Å². The lowest BCUT2D eigenvalue weighted by molar-refractivity contribution is 0.0332. The number of nitrogens with two attached hydrogens (primary N) is 1. The number of hydrogen-bond acceptors (Lipinski definition) is 4. The van der Waals surface area contributed by atoms with E-state index in [1.165, 1.54) is 0 Å². The van der Waals surface area contributed by atoms with Gasteiger partial charge in [-0.15, -0.1) is 0 Å². The summed E-state index contributed by atoms with van der Waals surface area (Å²) < 4.78 is 11.0. The van der Waals surface area contributed by atoms with Crippen molar-refractivity contribution in [3.63, 3.8) is 0 Å². The van der Waals surface area contributed by atoms with E-state index in [1.807, 2.05) is 31.2 Å². The van der Waals surface area contributed by atoms with Crippen LogP contribution in [0.5, 0.6) is 0 Å². The first kappa shape index (κ1) is 13.8. The highest BCUT2D eigenvalue weighted by Crippen LogP contribution is 2.23. The topological polar surface area (TPSA) is 60.4 Å². The van der Waals surface area contributed by atoms with Gasteiger partial charge in [0.1, 0.15) is 0 Å². The van der Waals surface area contributed by atoms with Crippen LogP contribution >= 0.6 is 0 Å². The van der Waals surface area contributed by atoms with Gasteiger partial charge in [0.2, 0.25) is 0 Å². The van der Waals surface area contributed by atoms with Gasteiger partial charge < -0.3 is 9.15 Å². The molecule has 2 aromatic rings. The number of hydrazine groups is 1. The number of rotatable bonds is 7. The molecule has 1 aromatic heterocycles. The lowest BCUT2D eigenvalue weighted by Crippen LogP contribution is -2.42. The van der Waals surface area contributed by atoms with Crippen molar-refractivity contribution in [2.75, 3.05) is 6.61 Å². The van der Waals surface area contributed by atoms with E-state index in [1.54, 1.807) is 12.5 Å². The molecule has 1 aromatic carbocycles. The second-order valence-corrected chi connectivity index (χ2v) is 4.40. The van der Waals surface area contributed by atoms with Gasteiger partial charge in [-0.1, -0.05) is 30.3 Å². The zero-order valence-electron chi connectivity index (χ0n) is 11.1. The highest BCUT2D eigenvalue weighted by Gasteiger charge is 2.23. The van der Waals surface area contributed by atoms with Crippen LogP contribution in [0.25, 0.3) is 0 Å². The van der Waals surface area contributed by atoms with E-state index in [-0.39, 0.29) is 12.1 Å². The number of hydrogen-bond donors (Lipinski definition) is 2. The van der Waals surface area contributed by atoms with Gasteiger partial charge in [0, 0.05) is 6.61 Å². The molecule has 0 amide bonds. The Morgan fingerprint density at radius 3 is 2.63 bits per heavy atom. The number of nitrogens with one attached hydrogen (secondary N) is 1. The molecule has 0 fully saturated rings. The first-order valence-electron chi connectivity index (χ1n) is 6.49. The van der Waals surface area contributed by atoms with Crippen molar-refractivity contribution in [3.05, 3.63) is 60.1 Å². The third-order valence-electron chi connectivity index (χ3n) is 3.09. The van der Waals surface area contributed by atoms with Gasteiger partial charge in [0.15, 0.2) is 0 Å². The summed E-state index contributed by atoms with van der Waals surface area (Å²) in [6.07, 6.45) is 4.08. The van der Waals surface area contributed by atoms with Crippen molar-refractivity contribution in [1.82, 2.24) is 5.43 Å². The Bertz CT molecular complexity index is 456. The molecule has 102 valence electrons. The van der Waals surface area contributed by atoms with Crippen LogP contribution in [0.3, 0.4) is 0 Å². The molecule has 4 nitrogen and oxygen atoms in total. The smallest absolute Gasteiger partial charge is 0.0994 e. The van der Waals surface area contributed by atoms with Gasteiger partial charge in [-0.2, -0.15) is 0 Å². The van der Waals surface area contributed by atoms with Crippen LogP contribution in [-0.4, -0.2) is 12.6 Å². The first-order valence-corrected chi connectivity index (χ1v) is 6.49. The normalized spacial score (nSPS) is 14.2. The molecule has 0 spiro atoms. The zero-order valence-corrected chi connectivity index (χ0v) is 11.1. The van der Waals surface area contributed by atoms with Gasteiger partial charge in [0.25, 0.3) is 0 Å². The van der Waals surface area contributed by atoms with Gasteiger partial charge in [-0.05, 0) is 30.5 Å². The van der Waals surface area contributed by atoms with Crippen LogP contribution in [0.1, 0.15) is 24.2 Å². The standard InChI is InChI=1S/C15H20N2O2/c1-2-19-15(13-6-4-3-5-7-13)14(17-16)10-12-8-9-18-11-12/h3-9,11,14-15,17H,2,10,16H2,1H3. The fourth-order valence-corrected chi connectivity index (χ4v) is 2.18. The van der Waals surface area contributed by atoms with Crippen LogP contribution in [0.4, 0.5) is 0 Å². The lowest BCUT2D eigenvalue weighted by Gasteiger charge is -2.26. The fraction of sp³-hybridized carbons (Fsp3) is 0.333. The number of ether oxygens (including phenoxy) is 1. The van der Waals surface area contributed by atoms with E-state index in [2.05, 4.69) is 17.6 Å². The first-order chi connectivity index (χ1) is 9.35. The monoisotopic (exact) mass is 260 g/mol. The van der Waals surface area contributed by atoms with Gasteiger partial charge in [-0.3, -0.25) is 11.3 Å². The van der Waals surface area contributed by atoms with Gasteiger partial charge >= 0.3 is 0 Å². The lowest BCUT2D eigenvalue weighted by atomic mass is 9.97. The molecule has 0 aliphatic rings. The molecule has 0 saturated carbocycles. The maximum atomic E-state index is 5.86. The van der Waals surface area contributed by atoms with Crippen LogP contribution in [0, 0.1) is 0 Å². The Morgan fingerprint density at radius 2 is 2.05 bits per heavy atom. The van der Waals surface area contributed by atoms with E-state index in [4.69, 9.17) is 15.0 Å². The van der Waals surface area contributed by atoms with Crippen LogP contribution in [0.15, 0.2) is 53.3 Å². The van der Waals surface area contributed by atoms with Crippen molar-refractivity contribution in [1.29, 1.82) is 0 Å². The molecule has 0 saturated heterocycles. The molecule has 2 unspecified atom stereocenters. The molecular formula is C15H20N2O2. The minimum Gasteiger partial charge on any atom is -0.472 e. The Balaban J connectivity index is 2.16. The third-order valence-corrected chi connectivity index (χ3v) is 3.09. The molecular weight excluding hydrogens is 240 g/mol. The number of benzene rings is 1. The van der Waals surface area contributed by atoms with E-state index >= 15 is 0 Å². The Labute approximate surface area is 113 Å². The Hall–Kier alpha value is -1.62. The van der Waals surface area contributed by atoms with Crippen molar-refractivity contribution < 1.29 is 9.15 Å². The Kier molecular flexibility index (Phi) is 5.15. The predicted molar refractivity (Wildman–Crippen MR) is 74.3 cm³/mol. The molecule has 4 heteroatoms. The molecule has 19 heavy (non-hydrogen) atoms. The summed E-state index contributed by atoms with van der Waals surface area (Å²) >= 11 is 0. The molecule has 3 N–H and O–H groups in total. The second-order valence-electron chi connectivity index (χ2n) is 4.40. The highest BCUT2D eigenvalue weighted by atomic mass is 16.5. The molecule has 0 aliphatic heterocycles. The van der Waals surface area contributed by atoms with Crippen molar-refractivity contribution in [2.24, 2.45) is 5.84 Å². The second kappa shape index (κ2) is 7.09. The molecule has 2 rings (SSSR count). The van der Waals surface area contributed by atoms with E-state index in [0.717, 1.165) is 17.5 Å². The molecule has 0 radical (unpaired) electrons. The summed E-state index contributed by atoms with van der Waals surface area (Å²) in [4.78, 5) is 0. The summed E-state index contributed by atoms with van der Waals surface area (Å²) in [5, 5.41) is 0. The summed E-state index contributed by atoms with van der Waals surface area (Å²) in [6, 6.07) is 12.1. The van der Waals surface area contributed by atoms with Crippen LogP contribution < -0.4 is 11.3 Å².